The number of nitrogens with zero attached hydrogens (tertiary/aromatic N) is 1. The van der Waals surface area contributed by atoms with E-state index in [0.29, 0.717) is 5.92 Å². The lowest BCUT2D eigenvalue weighted by Crippen LogP contribution is -2.38. The van der Waals surface area contributed by atoms with E-state index in [4.69, 9.17) is 18.9 Å². The van der Waals surface area contributed by atoms with E-state index in [1.165, 1.54) is 5.69 Å². The molecule has 9 heteroatoms. The summed E-state index contributed by atoms with van der Waals surface area (Å²) < 4.78 is 22.0. The van der Waals surface area contributed by atoms with Crippen molar-refractivity contribution in [2.24, 2.45) is 10.9 Å². The number of aromatic amines is 1. The molecule has 1 aromatic heterocycles. The van der Waals surface area contributed by atoms with Gasteiger partial charge in [-0.25, -0.2) is 0 Å². The molecule has 0 bridgehead atoms. The van der Waals surface area contributed by atoms with Gasteiger partial charge in [-0.15, -0.1) is 24.0 Å². The number of ether oxygens (including phenoxy) is 4. The van der Waals surface area contributed by atoms with E-state index in [1.54, 1.807) is 21.3 Å². The number of aromatic nitrogens is 1. The molecule has 0 saturated carbocycles. The number of hydrogen-bond acceptors (Lipinski definition) is 5. The fourth-order valence-corrected chi connectivity index (χ4v) is 3.91. The van der Waals surface area contributed by atoms with Crippen molar-refractivity contribution >= 4 is 40.8 Å². The Labute approximate surface area is 214 Å². The van der Waals surface area contributed by atoms with Crippen molar-refractivity contribution in [2.45, 2.75) is 32.1 Å². The van der Waals surface area contributed by atoms with Crippen LogP contribution in [0.1, 0.15) is 31.4 Å². The first kappa shape index (κ1) is 27.5. The van der Waals surface area contributed by atoms with E-state index >= 15 is 0 Å². The van der Waals surface area contributed by atoms with E-state index in [0.717, 1.165) is 100.0 Å². The van der Waals surface area contributed by atoms with Crippen LogP contribution in [0, 0.1) is 5.92 Å². The van der Waals surface area contributed by atoms with Crippen molar-refractivity contribution in [1.29, 1.82) is 0 Å². The predicted molar refractivity (Wildman–Crippen MR) is 143 cm³/mol. The van der Waals surface area contributed by atoms with Crippen LogP contribution in [0.25, 0.3) is 10.9 Å². The highest BCUT2D eigenvalue weighted by Crippen LogP contribution is 2.31. The molecule has 1 aliphatic heterocycles. The standard InChI is InChI=1S/C24H38N4O4.HI/c1-25-24(27-10-5-11-32-17-18-7-12-31-13-8-18)26-9-4-6-19-14-21-22(28-19)15-20(29-2)16-23(21)30-3;/h14-16,18,28H,4-13,17H2,1-3H3,(H2,25,26,27);1H. The minimum absolute atomic E-state index is 0. The Bertz CT molecular complexity index is 852. The monoisotopic (exact) mass is 574 g/mol. The fourth-order valence-electron chi connectivity index (χ4n) is 3.91. The van der Waals surface area contributed by atoms with Gasteiger partial charge in [0.15, 0.2) is 5.96 Å². The lowest BCUT2D eigenvalue weighted by atomic mass is 10.0. The number of methoxy groups -OCH3 is 2. The summed E-state index contributed by atoms with van der Waals surface area (Å²) >= 11 is 0. The van der Waals surface area contributed by atoms with Crippen molar-refractivity contribution in [1.82, 2.24) is 15.6 Å². The maximum atomic E-state index is 5.82. The van der Waals surface area contributed by atoms with Gasteiger partial charge >= 0.3 is 0 Å². The summed E-state index contributed by atoms with van der Waals surface area (Å²) in [5.74, 6) is 3.10. The molecule has 0 amide bonds. The van der Waals surface area contributed by atoms with Gasteiger partial charge in [0.2, 0.25) is 0 Å². The Morgan fingerprint density at radius 3 is 2.55 bits per heavy atom. The summed E-state index contributed by atoms with van der Waals surface area (Å²) in [5, 5.41) is 7.82. The molecule has 2 aromatic rings. The number of aryl methyl sites for hydroxylation is 1. The van der Waals surface area contributed by atoms with Crippen molar-refractivity contribution in [3.63, 3.8) is 0 Å². The molecule has 0 radical (unpaired) electrons. The van der Waals surface area contributed by atoms with Crippen LogP contribution in [-0.4, -0.2) is 71.7 Å². The molecule has 1 fully saturated rings. The van der Waals surface area contributed by atoms with E-state index in [1.807, 2.05) is 12.1 Å². The second-order valence-electron chi connectivity index (χ2n) is 8.10. The number of rotatable bonds is 12. The van der Waals surface area contributed by atoms with Crippen molar-refractivity contribution < 1.29 is 18.9 Å². The van der Waals surface area contributed by atoms with Crippen LogP contribution in [0.15, 0.2) is 23.2 Å². The van der Waals surface area contributed by atoms with Crippen LogP contribution in [0.5, 0.6) is 11.5 Å². The van der Waals surface area contributed by atoms with Gasteiger partial charge in [-0.1, -0.05) is 0 Å². The lowest BCUT2D eigenvalue weighted by Gasteiger charge is -2.21. The van der Waals surface area contributed by atoms with Gasteiger partial charge in [-0.3, -0.25) is 4.99 Å². The number of benzene rings is 1. The number of aliphatic imine (C=N–C) groups is 1. The molecule has 1 aromatic carbocycles. The molecule has 8 nitrogen and oxygen atoms in total. The Balaban J connectivity index is 0.00000385. The summed E-state index contributed by atoms with van der Waals surface area (Å²) in [4.78, 5) is 7.77. The van der Waals surface area contributed by atoms with Gasteiger partial charge in [0.05, 0.1) is 19.7 Å². The minimum atomic E-state index is 0. The Hall–Kier alpha value is -1.72. The third kappa shape index (κ3) is 8.86. The SMILES string of the molecule is CN=C(NCCCOCC1CCOCC1)NCCCc1cc2c(OC)cc(OC)cc2[nH]1.I. The first-order valence-electron chi connectivity index (χ1n) is 11.6. The van der Waals surface area contributed by atoms with Crippen LogP contribution in [0.4, 0.5) is 0 Å². The first-order chi connectivity index (χ1) is 15.7. The molecular weight excluding hydrogens is 535 g/mol. The molecule has 1 aliphatic rings. The summed E-state index contributed by atoms with van der Waals surface area (Å²) in [6.07, 6.45) is 5.12. The Kier molecular flexibility index (Phi) is 12.7. The molecule has 186 valence electrons. The molecule has 0 spiro atoms. The molecular formula is C24H39IN4O4. The summed E-state index contributed by atoms with van der Waals surface area (Å²) in [6.45, 7) is 5.06. The van der Waals surface area contributed by atoms with Crippen molar-refractivity contribution in [3.8, 4) is 11.5 Å². The number of halogens is 1. The molecule has 0 aliphatic carbocycles. The molecule has 1 saturated heterocycles. The average molecular weight is 575 g/mol. The topological polar surface area (TPSA) is 89.1 Å². The van der Waals surface area contributed by atoms with Gasteiger partial charge in [0.1, 0.15) is 11.5 Å². The van der Waals surface area contributed by atoms with Gasteiger partial charge in [0, 0.05) is 69.8 Å². The zero-order chi connectivity index (χ0) is 22.6. The first-order valence-corrected chi connectivity index (χ1v) is 11.6. The van der Waals surface area contributed by atoms with Gasteiger partial charge in [-0.05, 0) is 44.1 Å². The highest BCUT2D eigenvalue weighted by atomic mass is 127. The zero-order valence-corrected chi connectivity index (χ0v) is 22.4. The summed E-state index contributed by atoms with van der Waals surface area (Å²) in [5.41, 5.74) is 2.21. The van der Waals surface area contributed by atoms with E-state index < -0.39 is 0 Å². The van der Waals surface area contributed by atoms with Crippen molar-refractivity contribution in [2.75, 3.05) is 60.8 Å². The third-order valence-electron chi connectivity index (χ3n) is 5.78. The molecule has 0 atom stereocenters. The van der Waals surface area contributed by atoms with Gasteiger partial charge < -0.3 is 34.6 Å². The predicted octanol–water partition coefficient (Wildman–Crippen LogP) is 3.73. The quantitative estimate of drug-likeness (QED) is 0.155. The average Bonchev–Trinajstić information content (AvgIpc) is 3.25. The summed E-state index contributed by atoms with van der Waals surface area (Å²) in [7, 11) is 5.15. The van der Waals surface area contributed by atoms with E-state index in [-0.39, 0.29) is 24.0 Å². The Morgan fingerprint density at radius 1 is 1.09 bits per heavy atom. The van der Waals surface area contributed by atoms with Gasteiger partial charge in [-0.2, -0.15) is 0 Å². The molecule has 33 heavy (non-hydrogen) atoms. The number of nitrogens with one attached hydrogen (secondary N) is 3. The lowest BCUT2D eigenvalue weighted by molar-refractivity contribution is 0.0203. The Morgan fingerprint density at radius 2 is 1.85 bits per heavy atom. The second-order valence-corrected chi connectivity index (χ2v) is 8.10. The molecule has 0 unspecified atom stereocenters. The molecule has 3 N–H and O–H groups in total. The van der Waals surface area contributed by atoms with E-state index in [9.17, 15) is 0 Å². The van der Waals surface area contributed by atoms with Crippen molar-refractivity contribution in [3.05, 3.63) is 23.9 Å². The van der Waals surface area contributed by atoms with Crippen LogP contribution < -0.4 is 20.1 Å². The normalized spacial score (nSPS) is 14.7. The zero-order valence-electron chi connectivity index (χ0n) is 20.1. The third-order valence-corrected chi connectivity index (χ3v) is 5.78. The molecule has 2 heterocycles. The largest absolute Gasteiger partial charge is 0.497 e. The highest BCUT2D eigenvalue weighted by Gasteiger charge is 2.13. The maximum Gasteiger partial charge on any atom is 0.190 e. The van der Waals surface area contributed by atoms with Gasteiger partial charge in [0.25, 0.3) is 0 Å². The van der Waals surface area contributed by atoms with E-state index in [2.05, 4.69) is 26.7 Å². The smallest absolute Gasteiger partial charge is 0.190 e. The van der Waals surface area contributed by atoms with Crippen LogP contribution in [-0.2, 0) is 15.9 Å². The second kappa shape index (κ2) is 15.2. The van der Waals surface area contributed by atoms with Crippen LogP contribution in [0.2, 0.25) is 0 Å². The minimum Gasteiger partial charge on any atom is -0.497 e. The number of hydrogen-bond donors (Lipinski definition) is 3. The number of fused-ring (bicyclic) bond motifs is 1. The fraction of sp³-hybridized carbons (Fsp3) is 0.625. The molecule has 3 rings (SSSR count). The maximum absolute atomic E-state index is 5.82. The number of guanidine groups is 1. The van der Waals surface area contributed by atoms with Crippen LogP contribution in [0.3, 0.4) is 0 Å². The number of H-pyrrole nitrogens is 1. The van der Waals surface area contributed by atoms with Crippen LogP contribution >= 0.6 is 24.0 Å². The highest BCUT2D eigenvalue weighted by molar-refractivity contribution is 14.0. The summed E-state index contributed by atoms with van der Waals surface area (Å²) in [6, 6.07) is 6.06.